The summed E-state index contributed by atoms with van der Waals surface area (Å²) in [7, 11) is -2.42. The zero-order valence-corrected chi connectivity index (χ0v) is 22.2. The maximum atomic E-state index is 15.5. The maximum Gasteiger partial charge on any atom is 0.407 e. The molecule has 1 atom stereocenters. The maximum absolute atomic E-state index is 15.5. The summed E-state index contributed by atoms with van der Waals surface area (Å²) < 4.78 is 45.8. The zero-order valence-electron chi connectivity index (χ0n) is 19.8. The first-order valence-corrected chi connectivity index (χ1v) is 14.2. The van der Waals surface area contributed by atoms with E-state index in [-0.39, 0.29) is 22.3 Å². The van der Waals surface area contributed by atoms with Gasteiger partial charge in [-0.1, -0.05) is 11.6 Å². The molecule has 0 saturated heterocycles. The third-order valence-electron chi connectivity index (χ3n) is 5.32. The number of benzene rings is 1. The topological polar surface area (TPSA) is 122 Å². The van der Waals surface area contributed by atoms with Gasteiger partial charge in [0.2, 0.25) is 10.0 Å². The van der Waals surface area contributed by atoms with Gasteiger partial charge in [-0.25, -0.2) is 27.6 Å². The molecule has 0 unspecified atom stereocenters. The van der Waals surface area contributed by atoms with E-state index in [9.17, 15) is 13.2 Å². The van der Waals surface area contributed by atoms with Gasteiger partial charge in [-0.15, -0.1) is 11.3 Å². The molecule has 1 aliphatic rings. The van der Waals surface area contributed by atoms with E-state index in [0.29, 0.717) is 24.0 Å². The first-order valence-electron chi connectivity index (χ1n) is 11.1. The highest BCUT2D eigenvalue weighted by atomic mass is 35.5. The zero-order chi connectivity index (χ0) is 26.0. The lowest BCUT2D eigenvalue weighted by Gasteiger charge is -2.14. The van der Waals surface area contributed by atoms with Crippen molar-refractivity contribution in [3.05, 3.63) is 46.3 Å². The van der Waals surface area contributed by atoms with E-state index in [1.54, 1.807) is 12.3 Å². The molecule has 2 heterocycles. The highest BCUT2D eigenvalue weighted by Gasteiger charge is 2.30. The normalized spacial score (nSPS) is 14.2. The summed E-state index contributed by atoms with van der Waals surface area (Å²) in [6.07, 6.45) is 4.07. The molecule has 0 aliphatic heterocycles. The number of methoxy groups -OCH3 is 1. The van der Waals surface area contributed by atoms with Crippen LogP contribution in [0.4, 0.5) is 20.7 Å². The minimum absolute atomic E-state index is 0.106. The second-order valence-electron chi connectivity index (χ2n) is 8.54. The average Bonchev–Trinajstić information content (AvgIpc) is 3.57. The fourth-order valence-electron chi connectivity index (χ4n) is 3.49. The second kappa shape index (κ2) is 10.6. The molecule has 3 aromatic rings. The number of nitrogens with one attached hydrogen (secondary N) is 3. The highest BCUT2D eigenvalue weighted by molar-refractivity contribution is 7.92. The van der Waals surface area contributed by atoms with Crippen LogP contribution >= 0.6 is 22.9 Å². The fraction of sp³-hybridized carbons (Fsp3) is 0.348. The standard InChI is InChI=1S/C23H25ClFN5O4S2/c1-12(28-23(31)34-2)11-27-18-8-14(6-7-26-18)21-20(29-22(35-21)13-4-5-13)16-9-15(24)10-17(19(16)25)30-36(3,32)33/h6-10,12-13,30H,4-5,11H2,1-3H3,(H,26,27)(H,28,31)/t12-/m0/s1. The Labute approximate surface area is 217 Å². The Morgan fingerprint density at radius 3 is 2.75 bits per heavy atom. The lowest BCUT2D eigenvalue weighted by Crippen LogP contribution is -2.37. The highest BCUT2D eigenvalue weighted by Crippen LogP contribution is 2.48. The number of halogens is 2. The Kier molecular flexibility index (Phi) is 7.67. The quantitative estimate of drug-likeness (QED) is 0.338. The second-order valence-corrected chi connectivity index (χ2v) is 11.8. The molecule has 0 radical (unpaired) electrons. The van der Waals surface area contributed by atoms with Gasteiger partial charge in [0, 0.05) is 35.3 Å². The lowest BCUT2D eigenvalue weighted by molar-refractivity contribution is 0.168. The Hall–Kier alpha value is -2.96. The summed E-state index contributed by atoms with van der Waals surface area (Å²) in [6.45, 7) is 2.22. The Morgan fingerprint density at radius 2 is 2.08 bits per heavy atom. The Morgan fingerprint density at radius 1 is 1.33 bits per heavy atom. The third kappa shape index (κ3) is 6.42. The first kappa shape index (κ1) is 26.1. The number of amides is 1. The summed E-state index contributed by atoms with van der Waals surface area (Å²) in [5.41, 5.74) is 1.01. The number of carbonyl (C=O) groups is 1. The number of nitrogens with zero attached hydrogens (tertiary/aromatic N) is 2. The summed E-state index contributed by atoms with van der Waals surface area (Å²) in [6, 6.07) is 6.07. The molecule has 2 aromatic heterocycles. The Bertz CT molecular complexity index is 1400. The molecular formula is C23H25ClFN5O4S2. The predicted octanol–water partition coefficient (Wildman–Crippen LogP) is 5.07. The number of sulfonamides is 1. The number of rotatable bonds is 9. The van der Waals surface area contributed by atoms with Gasteiger partial charge in [-0.3, -0.25) is 4.72 Å². The third-order valence-corrected chi connectivity index (χ3v) is 7.40. The van der Waals surface area contributed by atoms with Gasteiger partial charge in [-0.2, -0.15) is 0 Å². The van der Waals surface area contributed by atoms with E-state index in [2.05, 4.69) is 25.1 Å². The molecule has 36 heavy (non-hydrogen) atoms. The first-order chi connectivity index (χ1) is 17.0. The summed E-state index contributed by atoms with van der Waals surface area (Å²) in [5.74, 6) is 0.126. The monoisotopic (exact) mass is 553 g/mol. The van der Waals surface area contributed by atoms with Gasteiger partial charge in [0.15, 0.2) is 5.82 Å². The molecule has 4 rings (SSSR count). The molecular weight excluding hydrogens is 529 g/mol. The van der Waals surface area contributed by atoms with Crippen LogP contribution in [0.15, 0.2) is 30.5 Å². The van der Waals surface area contributed by atoms with Crippen molar-refractivity contribution in [3.8, 4) is 21.7 Å². The molecule has 1 saturated carbocycles. The van der Waals surface area contributed by atoms with Crippen LogP contribution in [0, 0.1) is 5.82 Å². The smallest absolute Gasteiger partial charge is 0.407 e. The Balaban J connectivity index is 1.70. The molecule has 9 nitrogen and oxygen atoms in total. The van der Waals surface area contributed by atoms with Crippen molar-refractivity contribution in [2.75, 3.05) is 29.9 Å². The van der Waals surface area contributed by atoms with Crippen LogP contribution in [0.5, 0.6) is 0 Å². The SMILES string of the molecule is COC(=O)N[C@@H](C)CNc1cc(-c2sc(C3CC3)nc2-c2cc(Cl)cc(NS(C)(=O)=O)c2F)ccn1. The van der Waals surface area contributed by atoms with Crippen molar-refractivity contribution in [2.45, 2.75) is 31.7 Å². The number of hydrogen-bond acceptors (Lipinski definition) is 8. The summed E-state index contributed by atoms with van der Waals surface area (Å²) in [5, 5.41) is 6.90. The van der Waals surface area contributed by atoms with Crippen LogP contribution in [0.1, 0.15) is 30.7 Å². The van der Waals surface area contributed by atoms with Crippen LogP contribution in [-0.2, 0) is 14.8 Å². The number of alkyl carbamates (subject to hydrolysis) is 1. The van der Waals surface area contributed by atoms with E-state index < -0.39 is 21.9 Å². The van der Waals surface area contributed by atoms with Crippen molar-refractivity contribution < 1.29 is 22.3 Å². The van der Waals surface area contributed by atoms with Gasteiger partial charge >= 0.3 is 6.09 Å². The van der Waals surface area contributed by atoms with Gasteiger partial charge in [0.05, 0.1) is 34.6 Å². The van der Waals surface area contributed by atoms with E-state index in [4.69, 9.17) is 16.6 Å². The molecule has 13 heteroatoms. The van der Waals surface area contributed by atoms with Crippen LogP contribution in [0.25, 0.3) is 21.7 Å². The van der Waals surface area contributed by atoms with Crippen LogP contribution in [0.2, 0.25) is 5.02 Å². The summed E-state index contributed by atoms with van der Waals surface area (Å²) >= 11 is 7.71. The van der Waals surface area contributed by atoms with Crippen LogP contribution < -0.4 is 15.4 Å². The number of aromatic nitrogens is 2. The van der Waals surface area contributed by atoms with Gasteiger partial charge < -0.3 is 15.4 Å². The van der Waals surface area contributed by atoms with E-state index >= 15 is 4.39 Å². The van der Waals surface area contributed by atoms with Crippen molar-refractivity contribution in [3.63, 3.8) is 0 Å². The fourth-order valence-corrected chi connectivity index (χ4v) is 5.50. The molecule has 192 valence electrons. The molecule has 0 bridgehead atoms. The lowest BCUT2D eigenvalue weighted by atomic mass is 10.1. The van der Waals surface area contributed by atoms with E-state index in [1.807, 2.05) is 13.0 Å². The molecule has 1 aliphatic carbocycles. The van der Waals surface area contributed by atoms with E-state index in [0.717, 1.165) is 34.5 Å². The van der Waals surface area contributed by atoms with Crippen LogP contribution in [-0.4, -0.2) is 50.4 Å². The van der Waals surface area contributed by atoms with E-state index in [1.165, 1.54) is 30.6 Å². The minimum atomic E-state index is -3.72. The van der Waals surface area contributed by atoms with Crippen molar-refractivity contribution >= 4 is 50.6 Å². The number of ether oxygens (including phenoxy) is 1. The largest absolute Gasteiger partial charge is 0.453 e. The average molecular weight is 554 g/mol. The molecule has 1 aromatic carbocycles. The van der Waals surface area contributed by atoms with Crippen molar-refractivity contribution in [2.24, 2.45) is 0 Å². The number of anilines is 2. The number of carbonyl (C=O) groups excluding carboxylic acids is 1. The van der Waals surface area contributed by atoms with Crippen molar-refractivity contribution in [1.29, 1.82) is 0 Å². The minimum Gasteiger partial charge on any atom is -0.453 e. The number of thiazole rings is 1. The van der Waals surface area contributed by atoms with Crippen molar-refractivity contribution in [1.82, 2.24) is 15.3 Å². The number of pyridine rings is 1. The van der Waals surface area contributed by atoms with Crippen LogP contribution in [0.3, 0.4) is 0 Å². The van der Waals surface area contributed by atoms with Gasteiger partial charge in [0.25, 0.3) is 0 Å². The van der Waals surface area contributed by atoms with Gasteiger partial charge in [0.1, 0.15) is 5.82 Å². The molecule has 0 spiro atoms. The predicted molar refractivity (Wildman–Crippen MR) is 140 cm³/mol. The molecule has 1 fully saturated rings. The molecule has 3 N–H and O–H groups in total. The molecule has 1 amide bonds. The summed E-state index contributed by atoms with van der Waals surface area (Å²) in [4.78, 5) is 21.2. The number of hydrogen-bond donors (Lipinski definition) is 3. The van der Waals surface area contributed by atoms with Gasteiger partial charge in [-0.05, 0) is 49.6 Å².